The van der Waals surface area contributed by atoms with Crippen LogP contribution in [-0.2, 0) is 13.0 Å². The van der Waals surface area contributed by atoms with E-state index in [-0.39, 0.29) is 13.6 Å². The number of carbonyl (C=O) groups excluding carboxylic acids is 2. The quantitative estimate of drug-likeness (QED) is 0.591. The average molecular weight is 402 g/mol. The second-order valence-corrected chi connectivity index (χ2v) is 6.13. The highest BCUT2D eigenvalue weighted by molar-refractivity contribution is 5.71. The van der Waals surface area contributed by atoms with Crippen molar-refractivity contribution in [3.63, 3.8) is 0 Å². The summed E-state index contributed by atoms with van der Waals surface area (Å²) in [5.74, 6) is 2.95. The molecule has 0 fully saturated rings. The zero-order valence-electron chi connectivity index (χ0n) is 15.6. The Morgan fingerprint density at radius 3 is 1.86 bits per heavy atom. The molecule has 0 spiro atoms. The summed E-state index contributed by atoms with van der Waals surface area (Å²) in [4.78, 5) is 20.9. The first-order valence-corrected chi connectivity index (χ1v) is 8.85. The standard InChI is InChI=1S/C10H12N2O3.C9H10N2O3/c11-10(13)12-4-3-7-1-2-8-9(5-7)15-6-14-8;10-9(12)11-4-6-1-2-7-8(3-6)14-5-13-7/h1-2,5H,3-4,6H2,(H3,11,12,13);1-3H,4-5H2,(H3,10,11,12). The largest absolute Gasteiger partial charge is 0.454 e. The van der Waals surface area contributed by atoms with E-state index in [0.717, 1.165) is 34.8 Å². The zero-order valence-corrected chi connectivity index (χ0v) is 15.6. The number of urea groups is 2. The van der Waals surface area contributed by atoms with Crippen molar-refractivity contribution in [1.29, 1.82) is 0 Å². The van der Waals surface area contributed by atoms with Gasteiger partial charge in [-0.1, -0.05) is 12.1 Å². The first-order chi connectivity index (χ1) is 14.0. The van der Waals surface area contributed by atoms with Crippen LogP contribution in [0.25, 0.3) is 0 Å². The number of hydrogen-bond donors (Lipinski definition) is 4. The van der Waals surface area contributed by atoms with Gasteiger partial charge in [0.1, 0.15) is 0 Å². The van der Waals surface area contributed by atoms with E-state index in [4.69, 9.17) is 30.4 Å². The maximum atomic E-state index is 10.5. The molecular formula is C19H22N4O6. The molecule has 6 N–H and O–H groups in total. The van der Waals surface area contributed by atoms with Gasteiger partial charge >= 0.3 is 12.1 Å². The lowest BCUT2D eigenvalue weighted by Gasteiger charge is -2.03. The zero-order chi connectivity index (χ0) is 20.6. The third-order valence-corrected chi connectivity index (χ3v) is 4.05. The van der Waals surface area contributed by atoms with Crippen molar-refractivity contribution >= 4 is 12.1 Å². The fourth-order valence-corrected chi connectivity index (χ4v) is 2.67. The molecule has 0 saturated heterocycles. The van der Waals surface area contributed by atoms with E-state index in [1.165, 1.54) is 0 Å². The molecule has 0 unspecified atom stereocenters. The Morgan fingerprint density at radius 1 is 0.759 bits per heavy atom. The third-order valence-electron chi connectivity index (χ3n) is 4.05. The minimum absolute atomic E-state index is 0.252. The van der Waals surface area contributed by atoms with E-state index in [9.17, 15) is 9.59 Å². The van der Waals surface area contributed by atoms with Gasteiger partial charge in [-0.2, -0.15) is 0 Å². The van der Waals surface area contributed by atoms with Crippen LogP contribution in [0.3, 0.4) is 0 Å². The van der Waals surface area contributed by atoms with Gasteiger partial charge in [-0.3, -0.25) is 0 Å². The average Bonchev–Trinajstić information content (AvgIpc) is 3.34. The number of ether oxygens (including phenoxy) is 4. The molecule has 154 valence electrons. The van der Waals surface area contributed by atoms with Crippen LogP contribution in [0.5, 0.6) is 23.0 Å². The van der Waals surface area contributed by atoms with Crippen molar-refractivity contribution in [2.24, 2.45) is 11.5 Å². The number of primary amides is 2. The lowest BCUT2D eigenvalue weighted by Crippen LogP contribution is -2.30. The number of carbonyl (C=O) groups is 2. The molecule has 2 aromatic carbocycles. The van der Waals surface area contributed by atoms with Gasteiger partial charge in [-0.05, 0) is 41.8 Å². The van der Waals surface area contributed by atoms with E-state index < -0.39 is 12.1 Å². The summed E-state index contributed by atoms with van der Waals surface area (Å²) in [6.45, 7) is 1.45. The van der Waals surface area contributed by atoms with Crippen LogP contribution < -0.4 is 41.0 Å². The molecule has 2 heterocycles. The summed E-state index contributed by atoms with van der Waals surface area (Å²) in [7, 11) is 0. The van der Waals surface area contributed by atoms with Gasteiger partial charge in [0.05, 0.1) is 0 Å². The second-order valence-electron chi connectivity index (χ2n) is 6.13. The van der Waals surface area contributed by atoms with Crippen molar-refractivity contribution in [3.05, 3.63) is 47.5 Å². The number of amides is 4. The molecule has 2 aromatic rings. The first-order valence-electron chi connectivity index (χ1n) is 8.85. The van der Waals surface area contributed by atoms with Crippen LogP contribution >= 0.6 is 0 Å². The van der Waals surface area contributed by atoms with Crippen LogP contribution in [0.4, 0.5) is 9.59 Å². The molecule has 0 aromatic heterocycles. The van der Waals surface area contributed by atoms with Crippen LogP contribution in [0.2, 0.25) is 0 Å². The molecule has 0 aliphatic carbocycles. The Labute approximate surface area is 167 Å². The van der Waals surface area contributed by atoms with Crippen LogP contribution in [0.15, 0.2) is 36.4 Å². The molecule has 0 atom stereocenters. The molecule has 2 aliphatic heterocycles. The second kappa shape index (κ2) is 9.40. The van der Waals surface area contributed by atoms with Gasteiger partial charge < -0.3 is 41.0 Å². The molecule has 4 amide bonds. The highest BCUT2D eigenvalue weighted by Crippen LogP contribution is 2.33. The van der Waals surface area contributed by atoms with Gasteiger partial charge in [0.2, 0.25) is 13.6 Å². The topological polar surface area (TPSA) is 147 Å². The molecule has 0 bridgehead atoms. The van der Waals surface area contributed by atoms with Crippen molar-refractivity contribution in [1.82, 2.24) is 10.6 Å². The molecule has 4 rings (SSSR count). The number of rotatable bonds is 5. The minimum Gasteiger partial charge on any atom is -0.454 e. The number of fused-ring (bicyclic) bond motifs is 2. The summed E-state index contributed by atoms with van der Waals surface area (Å²) >= 11 is 0. The van der Waals surface area contributed by atoms with Gasteiger partial charge in [0.15, 0.2) is 23.0 Å². The fraction of sp³-hybridized carbons (Fsp3) is 0.263. The predicted molar refractivity (Wildman–Crippen MR) is 103 cm³/mol. The fourth-order valence-electron chi connectivity index (χ4n) is 2.67. The van der Waals surface area contributed by atoms with Gasteiger partial charge in [-0.25, -0.2) is 9.59 Å². The van der Waals surface area contributed by atoms with Crippen molar-refractivity contribution in [2.75, 3.05) is 20.1 Å². The molecular weight excluding hydrogens is 380 g/mol. The molecule has 10 nitrogen and oxygen atoms in total. The number of benzene rings is 2. The summed E-state index contributed by atoms with van der Waals surface area (Å²) in [6, 6.07) is 10.1. The highest BCUT2D eigenvalue weighted by Gasteiger charge is 2.13. The van der Waals surface area contributed by atoms with Crippen LogP contribution in [0.1, 0.15) is 11.1 Å². The SMILES string of the molecule is NC(=O)NCCc1ccc2c(c1)OCO2.NC(=O)NCc1ccc2c(c1)OCO2. The molecule has 0 radical (unpaired) electrons. The summed E-state index contributed by atoms with van der Waals surface area (Å²) in [5, 5.41) is 5.02. The number of nitrogens with two attached hydrogens (primary N) is 2. The van der Waals surface area contributed by atoms with Crippen LogP contribution in [0, 0.1) is 0 Å². The Morgan fingerprint density at radius 2 is 1.28 bits per heavy atom. The maximum absolute atomic E-state index is 10.5. The highest BCUT2D eigenvalue weighted by atomic mass is 16.7. The molecule has 0 saturated carbocycles. The van der Waals surface area contributed by atoms with Gasteiger partial charge in [0, 0.05) is 13.1 Å². The van der Waals surface area contributed by atoms with Crippen LogP contribution in [-0.4, -0.2) is 32.2 Å². The Balaban J connectivity index is 0.000000166. The Kier molecular flexibility index (Phi) is 6.46. The normalized spacial score (nSPS) is 12.6. The molecule has 10 heteroatoms. The Hall–Kier alpha value is -3.82. The smallest absolute Gasteiger partial charge is 0.312 e. The summed E-state index contributed by atoms with van der Waals surface area (Å²) < 4.78 is 20.7. The first kappa shape index (κ1) is 19.9. The third kappa shape index (κ3) is 5.83. The van der Waals surface area contributed by atoms with Crippen molar-refractivity contribution in [3.8, 4) is 23.0 Å². The minimum atomic E-state index is -0.539. The lowest BCUT2D eigenvalue weighted by atomic mass is 10.1. The van der Waals surface area contributed by atoms with E-state index >= 15 is 0 Å². The summed E-state index contributed by atoms with van der Waals surface area (Å²) in [6.07, 6.45) is 0.722. The van der Waals surface area contributed by atoms with E-state index in [1.54, 1.807) is 6.07 Å². The van der Waals surface area contributed by atoms with Gasteiger partial charge in [0.25, 0.3) is 0 Å². The lowest BCUT2D eigenvalue weighted by molar-refractivity contribution is 0.173. The molecule has 29 heavy (non-hydrogen) atoms. The maximum Gasteiger partial charge on any atom is 0.312 e. The van der Waals surface area contributed by atoms with E-state index in [2.05, 4.69) is 10.6 Å². The molecule has 2 aliphatic rings. The monoisotopic (exact) mass is 402 g/mol. The van der Waals surface area contributed by atoms with Crippen molar-refractivity contribution < 1.29 is 28.5 Å². The van der Waals surface area contributed by atoms with Gasteiger partial charge in [-0.15, -0.1) is 0 Å². The number of nitrogens with one attached hydrogen (secondary N) is 2. The number of hydrogen-bond acceptors (Lipinski definition) is 6. The van der Waals surface area contributed by atoms with Crippen molar-refractivity contribution in [2.45, 2.75) is 13.0 Å². The van der Waals surface area contributed by atoms with E-state index in [0.29, 0.717) is 18.8 Å². The Bertz CT molecular complexity index is 889. The van der Waals surface area contributed by atoms with E-state index in [1.807, 2.05) is 30.3 Å². The summed E-state index contributed by atoms with van der Waals surface area (Å²) in [5.41, 5.74) is 11.9. The predicted octanol–water partition coefficient (Wildman–Crippen LogP) is 1.21.